The van der Waals surface area contributed by atoms with Crippen LogP contribution in [0.15, 0.2) is 71.6 Å². The third-order valence-corrected chi connectivity index (χ3v) is 5.95. The second-order valence-corrected chi connectivity index (χ2v) is 8.33. The molecule has 0 bridgehead atoms. The van der Waals surface area contributed by atoms with Crippen molar-refractivity contribution >= 4 is 26.7 Å². The van der Waals surface area contributed by atoms with Gasteiger partial charge in [-0.3, -0.25) is 4.79 Å². The number of rotatable bonds is 5. The largest absolute Gasteiger partial charge is 0.348 e. The monoisotopic (exact) mass is 368 g/mol. The molecule has 3 rings (SSSR count). The first kappa shape index (κ1) is 18.1. The van der Waals surface area contributed by atoms with Crippen LogP contribution in [0.4, 0.5) is 0 Å². The second kappa shape index (κ2) is 7.27. The van der Waals surface area contributed by atoms with E-state index in [1.54, 1.807) is 12.1 Å². The minimum absolute atomic E-state index is 0.0980. The summed E-state index contributed by atoms with van der Waals surface area (Å²) in [5.74, 6) is -0.311. The van der Waals surface area contributed by atoms with Crippen molar-refractivity contribution in [2.24, 2.45) is 0 Å². The fraction of sp³-hybridized carbons (Fsp3) is 0.150. The summed E-state index contributed by atoms with van der Waals surface area (Å²) in [5, 5.41) is 5.09. The standard InChI is InChI=1S/C20H20N2O3S/c1-22(2)26(24,25)19-9-5-8-18(13-19)20(23)21-14-15-10-11-16-6-3-4-7-17(16)12-15/h3-13H,14H2,1-2H3,(H,21,23). The molecular weight excluding hydrogens is 348 g/mol. The van der Waals surface area contributed by atoms with Crippen LogP contribution in [0.2, 0.25) is 0 Å². The molecule has 6 heteroatoms. The molecule has 26 heavy (non-hydrogen) atoms. The molecule has 0 radical (unpaired) electrons. The molecule has 0 aliphatic heterocycles. The lowest BCUT2D eigenvalue weighted by Crippen LogP contribution is -2.25. The van der Waals surface area contributed by atoms with Crippen LogP contribution >= 0.6 is 0 Å². The summed E-state index contributed by atoms with van der Waals surface area (Å²) in [4.78, 5) is 12.5. The molecule has 0 unspecified atom stereocenters. The summed E-state index contributed by atoms with van der Waals surface area (Å²) in [6.45, 7) is 0.369. The molecule has 1 N–H and O–H groups in total. The number of nitrogens with zero attached hydrogens (tertiary/aromatic N) is 1. The van der Waals surface area contributed by atoms with Crippen LogP contribution < -0.4 is 5.32 Å². The Morgan fingerprint density at radius 2 is 1.65 bits per heavy atom. The lowest BCUT2D eigenvalue weighted by molar-refractivity contribution is 0.0950. The van der Waals surface area contributed by atoms with Crippen LogP contribution in [0.25, 0.3) is 10.8 Å². The van der Waals surface area contributed by atoms with Crippen molar-refractivity contribution in [2.75, 3.05) is 14.1 Å². The van der Waals surface area contributed by atoms with E-state index < -0.39 is 10.0 Å². The second-order valence-electron chi connectivity index (χ2n) is 6.18. The highest BCUT2D eigenvalue weighted by Gasteiger charge is 2.18. The highest BCUT2D eigenvalue weighted by Crippen LogP contribution is 2.17. The van der Waals surface area contributed by atoms with E-state index in [1.165, 1.54) is 26.2 Å². The fourth-order valence-corrected chi connectivity index (χ4v) is 3.59. The van der Waals surface area contributed by atoms with E-state index in [1.807, 2.05) is 42.5 Å². The van der Waals surface area contributed by atoms with Gasteiger partial charge in [-0.1, -0.05) is 42.5 Å². The van der Waals surface area contributed by atoms with Gasteiger partial charge in [0.05, 0.1) is 4.90 Å². The van der Waals surface area contributed by atoms with Crippen molar-refractivity contribution in [3.63, 3.8) is 0 Å². The van der Waals surface area contributed by atoms with E-state index in [2.05, 4.69) is 5.32 Å². The van der Waals surface area contributed by atoms with Crippen molar-refractivity contribution in [3.8, 4) is 0 Å². The Morgan fingerprint density at radius 1 is 0.923 bits per heavy atom. The lowest BCUT2D eigenvalue weighted by Gasteiger charge is -2.12. The minimum atomic E-state index is -3.57. The zero-order chi connectivity index (χ0) is 18.7. The van der Waals surface area contributed by atoms with Crippen molar-refractivity contribution in [3.05, 3.63) is 77.9 Å². The molecule has 5 nitrogen and oxygen atoms in total. The molecule has 0 spiro atoms. The molecule has 0 heterocycles. The number of hydrogen-bond donors (Lipinski definition) is 1. The fourth-order valence-electron chi connectivity index (χ4n) is 2.64. The molecule has 0 aliphatic rings. The molecule has 0 aromatic heterocycles. The molecule has 0 saturated carbocycles. The SMILES string of the molecule is CN(C)S(=O)(=O)c1cccc(C(=O)NCc2ccc3ccccc3c2)c1. The van der Waals surface area contributed by atoms with E-state index in [-0.39, 0.29) is 10.8 Å². The van der Waals surface area contributed by atoms with Gasteiger partial charge in [0.1, 0.15) is 0 Å². The zero-order valence-electron chi connectivity index (χ0n) is 14.6. The Bertz CT molecular complexity index is 1060. The van der Waals surface area contributed by atoms with Crippen molar-refractivity contribution in [2.45, 2.75) is 11.4 Å². The van der Waals surface area contributed by atoms with Gasteiger partial charge >= 0.3 is 0 Å². The molecule has 0 saturated heterocycles. The summed E-state index contributed by atoms with van der Waals surface area (Å²) in [6.07, 6.45) is 0. The van der Waals surface area contributed by atoms with Gasteiger partial charge < -0.3 is 5.32 Å². The molecule has 134 valence electrons. The molecular formula is C20H20N2O3S. The summed E-state index contributed by atoms with van der Waals surface area (Å²) in [5.41, 5.74) is 1.29. The van der Waals surface area contributed by atoms with Gasteiger partial charge in [0, 0.05) is 26.2 Å². The lowest BCUT2D eigenvalue weighted by atomic mass is 10.1. The predicted molar refractivity (Wildman–Crippen MR) is 102 cm³/mol. The van der Waals surface area contributed by atoms with E-state index >= 15 is 0 Å². The Kier molecular flexibility index (Phi) is 5.06. The molecule has 0 aliphatic carbocycles. The van der Waals surface area contributed by atoms with E-state index in [4.69, 9.17) is 0 Å². The zero-order valence-corrected chi connectivity index (χ0v) is 15.5. The van der Waals surface area contributed by atoms with Gasteiger partial charge in [0.25, 0.3) is 5.91 Å². The van der Waals surface area contributed by atoms with Crippen LogP contribution in [0.5, 0.6) is 0 Å². The first-order valence-electron chi connectivity index (χ1n) is 8.16. The van der Waals surface area contributed by atoms with Crippen LogP contribution in [0.3, 0.4) is 0 Å². The normalized spacial score (nSPS) is 11.7. The maximum Gasteiger partial charge on any atom is 0.251 e. The summed E-state index contributed by atoms with van der Waals surface area (Å²) in [7, 11) is -0.651. The average molecular weight is 368 g/mol. The van der Waals surface area contributed by atoms with Crippen molar-refractivity contribution in [1.29, 1.82) is 0 Å². The van der Waals surface area contributed by atoms with Gasteiger partial charge in [-0.2, -0.15) is 0 Å². The first-order chi connectivity index (χ1) is 12.4. The third-order valence-electron chi connectivity index (χ3n) is 4.14. The third kappa shape index (κ3) is 3.76. The van der Waals surface area contributed by atoms with Crippen LogP contribution in [0, 0.1) is 0 Å². The number of amides is 1. The number of hydrogen-bond acceptors (Lipinski definition) is 3. The highest BCUT2D eigenvalue weighted by molar-refractivity contribution is 7.89. The highest BCUT2D eigenvalue weighted by atomic mass is 32.2. The maximum atomic E-state index is 12.4. The van der Waals surface area contributed by atoms with Crippen molar-refractivity contribution < 1.29 is 13.2 Å². The van der Waals surface area contributed by atoms with Crippen LogP contribution in [-0.4, -0.2) is 32.7 Å². The average Bonchev–Trinajstić information content (AvgIpc) is 2.66. The molecule has 3 aromatic rings. The predicted octanol–water partition coefficient (Wildman–Crippen LogP) is 3.02. The van der Waals surface area contributed by atoms with Gasteiger partial charge in [-0.25, -0.2) is 12.7 Å². The Morgan fingerprint density at radius 3 is 2.38 bits per heavy atom. The first-order valence-corrected chi connectivity index (χ1v) is 9.60. The van der Waals surface area contributed by atoms with Crippen LogP contribution in [0.1, 0.15) is 15.9 Å². The molecule has 0 fully saturated rings. The van der Waals surface area contributed by atoms with Gasteiger partial charge in [0.15, 0.2) is 0 Å². The number of nitrogens with one attached hydrogen (secondary N) is 1. The minimum Gasteiger partial charge on any atom is -0.348 e. The van der Waals surface area contributed by atoms with E-state index in [0.717, 1.165) is 20.6 Å². The molecule has 1 amide bonds. The van der Waals surface area contributed by atoms with Crippen LogP contribution in [-0.2, 0) is 16.6 Å². The molecule has 3 aromatic carbocycles. The summed E-state index contributed by atoms with van der Waals surface area (Å²) < 4.78 is 25.5. The molecule has 0 atom stereocenters. The number of carbonyl (C=O) groups is 1. The topological polar surface area (TPSA) is 66.5 Å². The quantitative estimate of drug-likeness (QED) is 0.753. The number of benzene rings is 3. The summed E-state index contributed by atoms with van der Waals surface area (Å²) in [6, 6.07) is 20.1. The maximum absolute atomic E-state index is 12.4. The Hall–Kier alpha value is -2.70. The Balaban J connectivity index is 1.75. The Labute approximate surface area is 153 Å². The number of sulfonamides is 1. The smallest absolute Gasteiger partial charge is 0.251 e. The van der Waals surface area contributed by atoms with E-state index in [0.29, 0.717) is 12.1 Å². The van der Waals surface area contributed by atoms with Gasteiger partial charge in [-0.05, 0) is 40.6 Å². The van der Waals surface area contributed by atoms with Gasteiger partial charge in [-0.15, -0.1) is 0 Å². The van der Waals surface area contributed by atoms with Crippen molar-refractivity contribution in [1.82, 2.24) is 9.62 Å². The number of fused-ring (bicyclic) bond motifs is 1. The number of carbonyl (C=O) groups excluding carboxylic acids is 1. The summed E-state index contributed by atoms with van der Waals surface area (Å²) >= 11 is 0. The van der Waals surface area contributed by atoms with Gasteiger partial charge in [0.2, 0.25) is 10.0 Å². The van der Waals surface area contributed by atoms with E-state index in [9.17, 15) is 13.2 Å².